The molecule has 0 aliphatic rings. The van der Waals surface area contributed by atoms with E-state index in [4.69, 9.17) is 9.47 Å². The Labute approximate surface area is 166 Å². The monoisotopic (exact) mass is 401 g/mol. The molecule has 10 nitrogen and oxygen atoms in total. The van der Waals surface area contributed by atoms with Crippen LogP contribution in [0.1, 0.15) is 16.8 Å². The van der Waals surface area contributed by atoms with Crippen molar-refractivity contribution in [3.63, 3.8) is 0 Å². The molecule has 0 fully saturated rings. The fraction of sp³-hybridized carbons (Fsp3) is 0.211. The minimum absolute atomic E-state index is 0.00778. The van der Waals surface area contributed by atoms with Gasteiger partial charge in [0, 0.05) is 36.0 Å². The highest BCUT2D eigenvalue weighted by atomic mass is 16.6. The number of amides is 2. The lowest BCUT2D eigenvalue weighted by molar-refractivity contribution is -0.384. The lowest BCUT2D eigenvalue weighted by Gasteiger charge is -2.08. The first-order valence-electron chi connectivity index (χ1n) is 8.51. The normalized spacial score (nSPS) is 9.97. The van der Waals surface area contributed by atoms with Crippen molar-refractivity contribution in [3.8, 4) is 5.75 Å². The quantitative estimate of drug-likeness (QED) is 0.372. The number of benzene rings is 2. The molecule has 0 aromatic heterocycles. The number of rotatable bonds is 9. The lowest BCUT2D eigenvalue weighted by atomic mass is 10.2. The maximum Gasteiger partial charge on any atom is 0.308 e. The van der Waals surface area contributed by atoms with E-state index in [0.717, 1.165) is 0 Å². The summed E-state index contributed by atoms with van der Waals surface area (Å²) in [5, 5.41) is 15.7. The average Bonchev–Trinajstić information content (AvgIpc) is 2.72. The molecular formula is C19H19N3O7. The summed E-state index contributed by atoms with van der Waals surface area (Å²) in [7, 11) is 1.50. The van der Waals surface area contributed by atoms with Gasteiger partial charge in [-0.3, -0.25) is 24.5 Å². The maximum atomic E-state index is 11.9. The number of nitro groups is 1. The van der Waals surface area contributed by atoms with Crippen molar-refractivity contribution in [2.24, 2.45) is 0 Å². The number of carbonyl (C=O) groups is 3. The Kier molecular flexibility index (Phi) is 7.66. The molecule has 0 bridgehead atoms. The highest BCUT2D eigenvalue weighted by molar-refractivity contribution is 5.95. The largest absolute Gasteiger partial charge is 0.497 e. The molecule has 0 aliphatic heterocycles. The minimum atomic E-state index is -0.658. The van der Waals surface area contributed by atoms with E-state index in [9.17, 15) is 24.5 Å². The zero-order valence-corrected chi connectivity index (χ0v) is 15.5. The van der Waals surface area contributed by atoms with Gasteiger partial charge in [-0.05, 0) is 24.3 Å². The molecule has 0 heterocycles. The van der Waals surface area contributed by atoms with Crippen molar-refractivity contribution >= 4 is 29.2 Å². The Balaban J connectivity index is 1.69. The number of anilines is 1. The molecule has 0 saturated carbocycles. The molecule has 0 spiro atoms. The van der Waals surface area contributed by atoms with Crippen LogP contribution in [0.25, 0.3) is 0 Å². The summed E-state index contributed by atoms with van der Waals surface area (Å²) in [6.45, 7) is -0.474. The summed E-state index contributed by atoms with van der Waals surface area (Å²) < 4.78 is 9.90. The van der Waals surface area contributed by atoms with Crippen molar-refractivity contribution in [2.45, 2.75) is 6.42 Å². The second-order valence-electron chi connectivity index (χ2n) is 5.75. The highest BCUT2D eigenvalue weighted by Gasteiger charge is 2.11. The Hall–Kier alpha value is -3.95. The Morgan fingerprint density at radius 3 is 2.48 bits per heavy atom. The van der Waals surface area contributed by atoms with Crippen LogP contribution >= 0.6 is 0 Å². The second-order valence-corrected chi connectivity index (χ2v) is 5.75. The van der Waals surface area contributed by atoms with Crippen LogP contribution in [-0.2, 0) is 14.3 Å². The number of nitro benzene ring substituents is 1. The predicted molar refractivity (Wildman–Crippen MR) is 103 cm³/mol. The Bertz CT molecular complexity index is 897. The summed E-state index contributed by atoms with van der Waals surface area (Å²) in [6.07, 6.45) is -0.134. The van der Waals surface area contributed by atoms with Crippen molar-refractivity contribution in [2.75, 3.05) is 25.6 Å². The highest BCUT2D eigenvalue weighted by Crippen LogP contribution is 2.16. The van der Waals surface area contributed by atoms with Gasteiger partial charge in [0.1, 0.15) is 5.75 Å². The van der Waals surface area contributed by atoms with E-state index in [1.54, 1.807) is 24.3 Å². The van der Waals surface area contributed by atoms with Gasteiger partial charge in [-0.25, -0.2) is 0 Å². The molecule has 29 heavy (non-hydrogen) atoms. The van der Waals surface area contributed by atoms with Crippen LogP contribution in [0.2, 0.25) is 0 Å². The number of hydrogen-bond donors (Lipinski definition) is 2. The Morgan fingerprint density at radius 2 is 1.83 bits per heavy atom. The van der Waals surface area contributed by atoms with Crippen LogP contribution < -0.4 is 15.4 Å². The third kappa shape index (κ3) is 6.94. The molecular weight excluding hydrogens is 382 g/mol. The van der Waals surface area contributed by atoms with Crippen LogP contribution in [0, 0.1) is 10.1 Å². The first-order valence-corrected chi connectivity index (χ1v) is 8.51. The van der Waals surface area contributed by atoms with E-state index in [1.807, 2.05) is 0 Å². The standard InChI is InChI=1S/C19H19N3O7/c1-28-16-4-2-3-14(11-16)21-17(23)12-29-18(24)9-10-20-19(25)13-5-7-15(8-6-13)22(26)27/h2-8,11H,9-10,12H2,1H3,(H,20,25)(H,21,23). The number of methoxy groups -OCH3 is 1. The Morgan fingerprint density at radius 1 is 1.10 bits per heavy atom. The maximum absolute atomic E-state index is 11.9. The number of esters is 1. The average molecular weight is 401 g/mol. The first-order chi connectivity index (χ1) is 13.9. The van der Waals surface area contributed by atoms with Crippen LogP contribution in [-0.4, -0.2) is 43.0 Å². The van der Waals surface area contributed by atoms with E-state index >= 15 is 0 Å². The molecule has 2 aromatic rings. The number of non-ortho nitro benzene ring substituents is 1. The molecule has 2 aromatic carbocycles. The molecule has 152 valence electrons. The van der Waals surface area contributed by atoms with Gasteiger partial charge in [0.2, 0.25) is 0 Å². The lowest BCUT2D eigenvalue weighted by Crippen LogP contribution is -2.27. The van der Waals surface area contributed by atoms with Crippen LogP contribution in [0.3, 0.4) is 0 Å². The SMILES string of the molecule is COc1cccc(NC(=O)COC(=O)CCNC(=O)c2ccc([N+](=O)[O-])cc2)c1. The molecule has 0 unspecified atom stereocenters. The van der Waals surface area contributed by atoms with Crippen LogP contribution in [0.5, 0.6) is 5.75 Å². The molecule has 10 heteroatoms. The van der Waals surface area contributed by atoms with Crippen molar-refractivity contribution in [1.29, 1.82) is 0 Å². The van der Waals surface area contributed by atoms with Gasteiger partial charge in [-0.1, -0.05) is 6.07 Å². The summed E-state index contributed by atoms with van der Waals surface area (Å²) in [6, 6.07) is 11.8. The van der Waals surface area contributed by atoms with Gasteiger partial charge >= 0.3 is 5.97 Å². The van der Waals surface area contributed by atoms with Gasteiger partial charge in [-0.15, -0.1) is 0 Å². The van der Waals surface area contributed by atoms with Crippen LogP contribution in [0.15, 0.2) is 48.5 Å². The summed E-state index contributed by atoms with van der Waals surface area (Å²) in [5.74, 6) is -1.08. The number of hydrogen-bond acceptors (Lipinski definition) is 7. The van der Waals surface area contributed by atoms with E-state index in [2.05, 4.69) is 10.6 Å². The summed E-state index contributed by atoms with van der Waals surface area (Å²) in [4.78, 5) is 45.4. The van der Waals surface area contributed by atoms with Gasteiger partial charge in [0.05, 0.1) is 18.5 Å². The van der Waals surface area contributed by atoms with Gasteiger partial charge in [0.25, 0.3) is 17.5 Å². The van der Waals surface area contributed by atoms with Crippen molar-refractivity contribution < 1.29 is 28.8 Å². The topological polar surface area (TPSA) is 137 Å². The van der Waals surface area contributed by atoms with E-state index in [0.29, 0.717) is 11.4 Å². The van der Waals surface area contributed by atoms with Crippen LogP contribution in [0.4, 0.5) is 11.4 Å². The number of ether oxygens (including phenoxy) is 2. The first kappa shape index (κ1) is 21.4. The smallest absolute Gasteiger partial charge is 0.308 e. The number of nitrogens with zero attached hydrogens (tertiary/aromatic N) is 1. The van der Waals surface area contributed by atoms with Crippen molar-refractivity contribution in [3.05, 3.63) is 64.2 Å². The third-order valence-electron chi connectivity index (χ3n) is 3.67. The zero-order chi connectivity index (χ0) is 21.2. The van der Waals surface area contributed by atoms with Gasteiger partial charge in [0.15, 0.2) is 6.61 Å². The number of carbonyl (C=O) groups excluding carboxylic acids is 3. The second kappa shape index (κ2) is 10.4. The predicted octanol–water partition coefficient (Wildman–Crippen LogP) is 1.91. The van der Waals surface area contributed by atoms with Gasteiger partial charge < -0.3 is 20.1 Å². The van der Waals surface area contributed by atoms with E-state index in [-0.39, 0.29) is 24.2 Å². The molecule has 0 atom stereocenters. The summed E-state index contributed by atoms with van der Waals surface area (Å²) >= 11 is 0. The van der Waals surface area contributed by atoms with Crippen molar-refractivity contribution in [1.82, 2.24) is 5.32 Å². The fourth-order valence-electron chi connectivity index (χ4n) is 2.23. The molecule has 0 saturated heterocycles. The van der Waals surface area contributed by atoms with E-state index < -0.39 is 29.3 Å². The molecule has 2 rings (SSSR count). The fourth-order valence-corrected chi connectivity index (χ4v) is 2.23. The molecule has 0 aliphatic carbocycles. The molecule has 0 radical (unpaired) electrons. The number of nitrogens with one attached hydrogen (secondary N) is 2. The van der Waals surface area contributed by atoms with Gasteiger partial charge in [-0.2, -0.15) is 0 Å². The molecule has 2 amide bonds. The zero-order valence-electron chi connectivity index (χ0n) is 15.5. The summed E-state index contributed by atoms with van der Waals surface area (Å²) in [5.41, 5.74) is 0.597. The minimum Gasteiger partial charge on any atom is -0.497 e. The molecule has 2 N–H and O–H groups in total. The van der Waals surface area contributed by atoms with E-state index in [1.165, 1.54) is 31.4 Å². The third-order valence-corrected chi connectivity index (χ3v) is 3.67.